The summed E-state index contributed by atoms with van der Waals surface area (Å²) in [5.74, 6) is 0. The van der Waals surface area contributed by atoms with E-state index in [9.17, 15) is 0 Å². The SMILES string of the molecule is C[C@@H]([NH2+][C@@H]1CCOC(C)(C)C1)c1ccccc1. The minimum atomic E-state index is 0.0514. The van der Waals surface area contributed by atoms with Crippen molar-refractivity contribution in [3.63, 3.8) is 0 Å². The second-order valence-corrected chi connectivity index (χ2v) is 5.75. The van der Waals surface area contributed by atoms with Gasteiger partial charge in [-0.2, -0.15) is 0 Å². The molecule has 1 saturated heterocycles. The Balaban J connectivity index is 1.93. The third-order valence-corrected chi connectivity index (χ3v) is 3.62. The van der Waals surface area contributed by atoms with Crippen LogP contribution in [0.1, 0.15) is 45.2 Å². The van der Waals surface area contributed by atoms with Gasteiger partial charge >= 0.3 is 0 Å². The van der Waals surface area contributed by atoms with Crippen molar-refractivity contribution >= 4 is 0 Å². The van der Waals surface area contributed by atoms with E-state index in [1.807, 2.05) is 0 Å². The lowest BCUT2D eigenvalue weighted by Crippen LogP contribution is -2.91. The molecule has 0 amide bonds. The molecule has 0 saturated carbocycles. The molecule has 17 heavy (non-hydrogen) atoms. The summed E-state index contributed by atoms with van der Waals surface area (Å²) in [6.07, 6.45) is 2.31. The predicted octanol–water partition coefficient (Wildman–Crippen LogP) is 2.27. The zero-order valence-corrected chi connectivity index (χ0v) is 11.1. The molecule has 0 unspecified atom stereocenters. The van der Waals surface area contributed by atoms with E-state index >= 15 is 0 Å². The number of hydrogen-bond acceptors (Lipinski definition) is 1. The van der Waals surface area contributed by atoms with Gasteiger partial charge in [-0.3, -0.25) is 0 Å². The highest BCUT2D eigenvalue weighted by Crippen LogP contribution is 2.22. The van der Waals surface area contributed by atoms with Gasteiger partial charge in [0, 0.05) is 18.4 Å². The Kier molecular flexibility index (Phi) is 3.85. The molecule has 2 nitrogen and oxygen atoms in total. The van der Waals surface area contributed by atoms with Gasteiger partial charge in [-0.15, -0.1) is 0 Å². The summed E-state index contributed by atoms with van der Waals surface area (Å²) in [5, 5.41) is 2.50. The van der Waals surface area contributed by atoms with Gasteiger partial charge in [-0.05, 0) is 20.8 Å². The van der Waals surface area contributed by atoms with Gasteiger partial charge in [-0.1, -0.05) is 30.3 Å². The molecule has 0 spiro atoms. The number of quaternary nitrogens is 1. The molecule has 2 heteroatoms. The molecule has 1 aliphatic heterocycles. The van der Waals surface area contributed by atoms with Crippen molar-refractivity contribution in [1.82, 2.24) is 0 Å². The van der Waals surface area contributed by atoms with E-state index in [0.717, 1.165) is 13.0 Å². The first kappa shape index (κ1) is 12.6. The topological polar surface area (TPSA) is 25.8 Å². The maximum Gasteiger partial charge on any atom is 0.109 e. The van der Waals surface area contributed by atoms with Gasteiger partial charge in [0.15, 0.2) is 0 Å². The van der Waals surface area contributed by atoms with Crippen LogP contribution in [-0.2, 0) is 4.74 Å². The molecule has 0 radical (unpaired) electrons. The highest BCUT2D eigenvalue weighted by atomic mass is 16.5. The van der Waals surface area contributed by atoms with E-state index in [-0.39, 0.29) is 5.60 Å². The minimum absolute atomic E-state index is 0.0514. The minimum Gasteiger partial charge on any atom is -0.375 e. The average Bonchev–Trinajstić information content (AvgIpc) is 2.29. The van der Waals surface area contributed by atoms with E-state index in [2.05, 4.69) is 56.4 Å². The van der Waals surface area contributed by atoms with E-state index in [0.29, 0.717) is 12.1 Å². The Bertz CT molecular complexity index is 347. The van der Waals surface area contributed by atoms with Crippen molar-refractivity contribution in [2.45, 2.75) is 51.3 Å². The van der Waals surface area contributed by atoms with Gasteiger partial charge in [-0.25, -0.2) is 0 Å². The van der Waals surface area contributed by atoms with Crippen LogP contribution in [-0.4, -0.2) is 18.2 Å². The Labute approximate surface area is 104 Å². The molecule has 94 valence electrons. The van der Waals surface area contributed by atoms with Crippen LogP contribution in [0.25, 0.3) is 0 Å². The van der Waals surface area contributed by atoms with Crippen molar-refractivity contribution in [2.75, 3.05) is 6.61 Å². The van der Waals surface area contributed by atoms with Crippen LogP contribution in [0.2, 0.25) is 0 Å². The maximum absolute atomic E-state index is 5.76. The monoisotopic (exact) mass is 234 g/mol. The molecule has 1 aliphatic rings. The lowest BCUT2D eigenvalue weighted by atomic mass is 9.93. The number of hydrogen-bond donors (Lipinski definition) is 1. The fourth-order valence-corrected chi connectivity index (χ4v) is 2.72. The summed E-state index contributed by atoms with van der Waals surface area (Å²) in [6.45, 7) is 7.58. The van der Waals surface area contributed by atoms with Gasteiger partial charge in [0.1, 0.15) is 6.04 Å². The first-order valence-corrected chi connectivity index (χ1v) is 6.61. The fraction of sp³-hybridized carbons (Fsp3) is 0.600. The Morgan fingerprint density at radius 3 is 2.65 bits per heavy atom. The molecule has 1 heterocycles. The van der Waals surface area contributed by atoms with Crippen LogP contribution < -0.4 is 5.32 Å². The normalized spacial score (nSPS) is 25.5. The second kappa shape index (κ2) is 5.19. The molecule has 1 aromatic rings. The molecule has 2 rings (SSSR count). The molecule has 1 fully saturated rings. The first-order chi connectivity index (χ1) is 8.07. The third kappa shape index (κ3) is 3.55. The Morgan fingerprint density at radius 2 is 2.00 bits per heavy atom. The van der Waals surface area contributed by atoms with Crippen LogP contribution in [0.15, 0.2) is 30.3 Å². The van der Waals surface area contributed by atoms with Gasteiger partial charge in [0.05, 0.1) is 18.2 Å². The Morgan fingerprint density at radius 1 is 1.29 bits per heavy atom. The van der Waals surface area contributed by atoms with E-state index in [4.69, 9.17) is 4.74 Å². The summed E-state index contributed by atoms with van der Waals surface area (Å²) < 4.78 is 5.76. The smallest absolute Gasteiger partial charge is 0.109 e. The average molecular weight is 234 g/mol. The highest BCUT2D eigenvalue weighted by molar-refractivity contribution is 5.16. The first-order valence-electron chi connectivity index (χ1n) is 6.61. The van der Waals surface area contributed by atoms with Gasteiger partial charge < -0.3 is 10.1 Å². The van der Waals surface area contributed by atoms with E-state index in [1.54, 1.807) is 0 Å². The Hall–Kier alpha value is -0.860. The van der Waals surface area contributed by atoms with E-state index in [1.165, 1.54) is 12.0 Å². The number of rotatable bonds is 3. The van der Waals surface area contributed by atoms with Crippen molar-refractivity contribution in [3.8, 4) is 0 Å². The second-order valence-electron chi connectivity index (χ2n) is 5.75. The predicted molar refractivity (Wildman–Crippen MR) is 69.8 cm³/mol. The van der Waals surface area contributed by atoms with E-state index < -0.39 is 0 Å². The van der Waals surface area contributed by atoms with Crippen LogP contribution in [0.4, 0.5) is 0 Å². The largest absolute Gasteiger partial charge is 0.375 e. The third-order valence-electron chi connectivity index (χ3n) is 3.62. The van der Waals surface area contributed by atoms with Gasteiger partial charge in [0.2, 0.25) is 0 Å². The summed E-state index contributed by atoms with van der Waals surface area (Å²) in [5.41, 5.74) is 1.47. The quantitative estimate of drug-likeness (QED) is 0.853. The van der Waals surface area contributed by atoms with Crippen molar-refractivity contribution in [3.05, 3.63) is 35.9 Å². The molecule has 0 aliphatic carbocycles. The van der Waals surface area contributed by atoms with Crippen LogP contribution in [0.5, 0.6) is 0 Å². The molecule has 2 N–H and O–H groups in total. The zero-order chi connectivity index (χ0) is 12.3. The zero-order valence-electron chi connectivity index (χ0n) is 11.1. The summed E-state index contributed by atoms with van der Waals surface area (Å²) in [7, 11) is 0. The van der Waals surface area contributed by atoms with Crippen LogP contribution >= 0.6 is 0 Å². The maximum atomic E-state index is 5.76. The summed E-state index contributed by atoms with van der Waals surface area (Å²) in [4.78, 5) is 0. The molecular formula is C15H24NO+. The lowest BCUT2D eigenvalue weighted by Gasteiger charge is -2.35. The molecule has 0 bridgehead atoms. The number of ether oxygens (including phenoxy) is 1. The highest BCUT2D eigenvalue weighted by Gasteiger charge is 2.31. The molecule has 1 aromatic carbocycles. The lowest BCUT2D eigenvalue weighted by molar-refractivity contribution is -0.729. The summed E-state index contributed by atoms with van der Waals surface area (Å²) in [6, 6.07) is 12.0. The molecule has 0 aromatic heterocycles. The van der Waals surface area contributed by atoms with Gasteiger partial charge in [0.25, 0.3) is 0 Å². The van der Waals surface area contributed by atoms with Crippen molar-refractivity contribution < 1.29 is 10.1 Å². The van der Waals surface area contributed by atoms with Crippen molar-refractivity contribution in [2.24, 2.45) is 0 Å². The van der Waals surface area contributed by atoms with Crippen LogP contribution in [0, 0.1) is 0 Å². The van der Waals surface area contributed by atoms with Crippen LogP contribution in [0.3, 0.4) is 0 Å². The summed E-state index contributed by atoms with van der Waals surface area (Å²) >= 11 is 0. The van der Waals surface area contributed by atoms with Crippen molar-refractivity contribution in [1.29, 1.82) is 0 Å². The molecule has 2 atom stereocenters. The standard InChI is InChI=1S/C15H23NO/c1-12(13-7-5-4-6-8-13)16-14-9-10-17-15(2,3)11-14/h4-8,12,14,16H,9-11H2,1-3H3/p+1/t12-,14-/m1/s1. The number of benzene rings is 1. The molecular weight excluding hydrogens is 210 g/mol. The fourth-order valence-electron chi connectivity index (χ4n) is 2.72. The number of nitrogens with two attached hydrogens (primary N) is 1.